The van der Waals surface area contributed by atoms with Crippen LogP contribution in [0.2, 0.25) is 0 Å². The van der Waals surface area contributed by atoms with Gasteiger partial charge in [-0.05, 0) is 30.0 Å². The molecule has 0 amide bonds. The normalized spacial score (nSPS) is 13.8. The van der Waals surface area contributed by atoms with Gasteiger partial charge in [-0.1, -0.05) is 26.0 Å². The molecule has 0 aliphatic heterocycles. The SMILES string of the molecule is Cc1ccc(C(C)C)c(OC(CN)C(F)(F)F)c1. The number of hydrogen-bond acceptors (Lipinski definition) is 2. The second-order valence-electron chi connectivity index (χ2n) is 4.58. The lowest BCUT2D eigenvalue weighted by molar-refractivity contribution is -0.191. The number of ether oxygens (including phenoxy) is 1. The number of benzene rings is 1. The molecule has 0 heterocycles. The smallest absolute Gasteiger partial charge is 0.426 e. The molecule has 1 rings (SSSR count). The molecule has 1 unspecified atom stereocenters. The van der Waals surface area contributed by atoms with Gasteiger partial charge in [-0.25, -0.2) is 0 Å². The first kappa shape index (κ1) is 14.8. The summed E-state index contributed by atoms with van der Waals surface area (Å²) in [6.45, 7) is 5.03. The van der Waals surface area contributed by atoms with Crippen LogP contribution in [0, 0.1) is 6.92 Å². The van der Waals surface area contributed by atoms with Gasteiger partial charge in [0, 0.05) is 6.54 Å². The first-order chi connectivity index (χ1) is 8.25. The van der Waals surface area contributed by atoms with Gasteiger partial charge in [0.15, 0.2) is 0 Å². The highest BCUT2D eigenvalue weighted by Crippen LogP contribution is 2.31. The van der Waals surface area contributed by atoms with Gasteiger partial charge in [-0.15, -0.1) is 0 Å². The third kappa shape index (κ3) is 3.63. The van der Waals surface area contributed by atoms with Gasteiger partial charge >= 0.3 is 6.18 Å². The van der Waals surface area contributed by atoms with E-state index in [1.54, 1.807) is 12.1 Å². The van der Waals surface area contributed by atoms with E-state index in [2.05, 4.69) is 0 Å². The fraction of sp³-hybridized carbons (Fsp3) is 0.538. The minimum atomic E-state index is -4.45. The van der Waals surface area contributed by atoms with Crippen molar-refractivity contribution in [1.82, 2.24) is 0 Å². The molecule has 0 spiro atoms. The third-order valence-electron chi connectivity index (χ3n) is 2.64. The van der Waals surface area contributed by atoms with E-state index in [9.17, 15) is 13.2 Å². The van der Waals surface area contributed by atoms with Gasteiger partial charge in [0.05, 0.1) is 0 Å². The molecular weight excluding hydrogens is 243 g/mol. The van der Waals surface area contributed by atoms with E-state index in [0.717, 1.165) is 11.1 Å². The molecule has 18 heavy (non-hydrogen) atoms. The van der Waals surface area contributed by atoms with E-state index in [1.165, 1.54) is 0 Å². The van der Waals surface area contributed by atoms with Crippen molar-refractivity contribution in [3.05, 3.63) is 29.3 Å². The molecule has 1 aromatic rings. The van der Waals surface area contributed by atoms with E-state index >= 15 is 0 Å². The molecule has 0 fully saturated rings. The zero-order valence-electron chi connectivity index (χ0n) is 10.7. The highest BCUT2D eigenvalue weighted by Gasteiger charge is 2.41. The summed E-state index contributed by atoms with van der Waals surface area (Å²) < 4.78 is 43.0. The standard InChI is InChI=1S/C13H18F3NO/c1-8(2)10-5-4-9(3)6-11(10)18-12(7-17)13(14,15)16/h4-6,8,12H,7,17H2,1-3H3. The van der Waals surface area contributed by atoms with Crippen LogP contribution < -0.4 is 10.5 Å². The number of halogens is 3. The Morgan fingerprint density at radius 1 is 1.28 bits per heavy atom. The van der Waals surface area contributed by atoms with Crippen LogP contribution in [0.4, 0.5) is 13.2 Å². The van der Waals surface area contributed by atoms with Crippen LogP contribution in [0.25, 0.3) is 0 Å². The average molecular weight is 261 g/mol. The highest BCUT2D eigenvalue weighted by atomic mass is 19.4. The van der Waals surface area contributed by atoms with E-state index < -0.39 is 18.8 Å². The minimum Gasteiger partial charge on any atom is -0.479 e. The van der Waals surface area contributed by atoms with Crippen molar-refractivity contribution in [3.8, 4) is 5.75 Å². The molecule has 0 radical (unpaired) electrons. The number of rotatable bonds is 4. The number of nitrogens with two attached hydrogens (primary N) is 1. The summed E-state index contributed by atoms with van der Waals surface area (Å²) in [5.41, 5.74) is 6.73. The van der Waals surface area contributed by atoms with Crippen molar-refractivity contribution < 1.29 is 17.9 Å². The fourth-order valence-electron chi connectivity index (χ4n) is 1.62. The number of hydrogen-bond donors (Lipinski definition) is 1. The lowest BCUT2D eigenvalue weighted by Crippen LogP contribution is -2.41. The second kappa shape index (κ2) is 5.61. The van der Waals surface area contributed by atoms with Crippen molar-refractivity contribution >= 4 is 0 Å². The molecule has 102 valence electrons. The van der Waals surface area contributed by atoms with Crippen molar-refractivity contribution in [1.29, 1.82) is 0 Å². The number of aryl methyl sites for hydroxylation is 1. The van der Waals surface area contributed by atoms with Crippen molar-refractivity contribution in [2.24, 2.45) is 5.73 Å². The Morgan fingerprint density at radius 2 is 1.89 bits per heavy atom. The van der Waals surface area contributed by atoms with Gasteiger partial charge in [-0.2, -0.15) is 13.2 Å². The van der Waals surface area contributed by atoms with Crippen LogP contribution >= 0.6 is 0 Å². The van der Waals surface area contributed by atoms with E-state index in [4.69, 9.17) is 10.5 Å². The lowest BCUT2D eigenvalue weighted by Gasteiger charge is -2.23. The van der Waals surface area contributed by atoms with Crippen LogP contribution in [0.15, 0.2) is 18.2 Å². The Bertz CT molecular complexity index is 402. The largest absolute Gasteiger partial charge is 0.479 e. The lowest BCUT2D eigenvalue weighted by atomic mass is 10.0. The predicted octanol–water partition coefficient (Wildman–Crippen LogP) is 3.39. The minimum absolute atomic E-state index is 0.0901. The van der Waals surface area contributed by atoms with E-state index in [0.29, 0.717) is 0 Å². The molecule has 0 bridgehead atoms. The summed E-state index contributed by atoms with van der Waals surface area (Å²) in [7, 11) is 0. The summed E-state index contributed by atoms with van der Waals surface area (Å²) in [5.74, 6) is 0.352. The Balaban J connectivity index is 3.05. The Kier molecular flexibility index (Phi) is 4.62. The van der Waals surface area contributed by atoms with Gasteiger partial charge in [0.2, 0.25) is 6.10 Å². The molecule has 2 N–H and O–H groups in total. The van der Waals surface area contributed by atoms with Crippen LogP contribution in [0.1, 0.15) is 30.9 Å². The molecule has 0 saturated heterocycles. The third-order valence-corrected chi connectivity index (χ3v) is 2.64. The monoisotopic (exact) mass is 261 g/mol. The molecule has 1 atom stereocenters. The summed E-state index contributed by atoms with van der Waals surface area (Å²) >= 11 is 0. The maximum atomic E-state index is 12.6. The fourth-order valence-corrected chi connectivity index (χ4v) is 1.62. The van der Waals surface area contributed by atoms with Crippen LogP contribution in [-0.2, 0) is 0 Å². The Morgan fingerprint density at radius 3 is 2.33 bits per heavy atom. The zero-order chi connectivity index (χ0) is 13.9. The van der Waals surface area contributed by atoms with Gasteiger partial charge in [0.1, 0.15) is 5.75 Å². The Labute approximate surface area is 105 Å². The molecule has 0 saturated carbocycles. The Hall–Kier alpha value is -1.23. The van der Waals surface area contributed by atoms with Crippen molar-refractivity contribution in [2.75, 3.05) is 6.54 Å². The summed E-state index contributed by atoms with van der Waals surface area (Å²) in [6, 6.07) is 5.26. The van der Waals surface area contributed by atoms with Crippen LogP contribution in [0.3, 0.4) is 0 Å². The number of alkyl halides is 3. The van der Waals surface area contributed by atoms with E-state index in [1.807, 2.05) is 26.8 Å². The van der Waals surface area contributed by atoms with Gasteiger partial charge < -0.3 is 10.5 Å². The van der Waals surface area contributed by atoms with Crippen LogP contribution in [0.5, 0.6) is 5.75 Å². The van der Waals surface area contributed by atoms with Gasteiger partial charge in [0.25, 0.3) is 0 Å². The molecule has 0 aliphatic rings. The summed E-state index contributed by atoms with van der Waals surface area (Å²) in [6.07, 6.45) is -6.41. The van der Waals surface area contributed by atoms with Gasteiger partial charge in [-0.3, -0.25) is 0 Å². The molecule has 5 heteroatoms. The van der Waals surface area contributed by atoms with Crippen molar-refractivity contribution in [2.45, 2.75) is 39.0 Å². The van der Waals surface area contributed by atoms with Crippen LogP contribution in [-0.4, -0.2) is 18.8 Å². The topological polar surface area (TPSA) is 35.2 Å². The zero-order valence-corrected chi connectivity index (χ0v) is 10.7. The average Bonchev–Trinajstić information content (AvgIpc) is 2.23. The first-order valence-electron chi connectivity index (χ1n) is 5.79. The van der Waals surface area contributed by atoms with E-state index in [-0.39, 0.29) is 11.7 Å². The maximum Gasteiger partial charge on any atom is 0.426 e. The highest BCUT2D eigenvalue weighted by molar-refractivity contribution is 5.39. The quantitative estimate of drug-likeness (QED) is 0.901. The summed E-state index contributed by atoms with van der Waals surface area (Å²) in [5, 5.41) is 0. The maximum absolute atomic E-state index is 12.6. The molecule has 0 aliphatic carbocycles. The van der Waals surface area contributed by atoms with Crippen molar-refractivity contribution in [3.63, 3.8) is 0 Å². The molecule has 1 aromatic carbocycles. The molecular formula is C13H18F3NO. The summed E-state index contributed by atoms with van der Waals surface area (Å²) in [4.78, 5) is 0. The first-order valence-corrected chi connectivity index (χ1v) is 5.79. The second-order valence-corrected chi connectivity index (χ2v) is 4.58. The predicted molar refractivity (Wildman–Crippen MR) is 64.8 cm³/mol. The molecule has 0 aromatic heterocycles. The molecule has 2 nitrogen and oxygen atoms in total.